The van der Waals surface area contributed by atoms with Crippen molar-refractivity contribution in [2.75, 3.05) is 36.8 Å². The second kappa shape index (κ2) is 14.7. The molecule has 8 N–H and O–H groups in total. The SMILES string of the molecule is C[C@H](N)C(=O)NCCNc1ccc(NCCNC(=O)[C@H](C)N)c2c1C(=O)c1c(OC(=O)C(F)(F)F)ccc(OC(=O)C(F)(F)F)c1C2=O. The molecule has 3 rings (SSSR count). The van der Waals surface area contributed by atoms with Gasteiger partial charge in [0.1, 0.15) is 11.5 Å². The summed E-state index contributed by atoms with van der Waals surface area (Å²) in [6.07, 6.45) is -11.2. The van der Waals surface area contributed by atoms with E-state index in [2.05, 4.69) is 30.7 Å². The number of hydrogen-bond acceptors (Lipinski definition) is 12. The number of ether oxygens (including phenoxy) is 2. The molecule has 0 unspecified atom stereocenters. The first-order valence-corrected chi connectivity index (χ1v) is 13.8. The van der Waals surface area contributed by atoms with Gasteiger partial charge in [-0.2, -0.15) is 26.3 Å². The third-order valence-corrected chi connectivity index (χ3v) is 6.42. The molecule has 0 heterocycles. The highest BCUT2D eigenvalue weighted by atomic mass is 19.4. The van der Waals surface area contributed by atoms with Crippen LogP contribution in [-0.4, -0.2) is 85.9 Å². The zero-order chi connectivity index (χ0) is 36.1. The predicted octanol–water partition coefficient (Wildman–Crippen LogP) is 1.15. The highest BCUT2D eigenvalue weighted by Crippen LogP contribution is 2.44. The number of alkyl halides is 6. The number of anilines is 2. The van der Waals surface area contributed by atoms with E-state index in [-0.39, 0.29) is 37.6 Å². The van der Waals surface area contributed by atoms with E-state index in [0.717, 1.165) is 0 Å². The summed E-state index contributed by atoms with van der Waals surface area (Å²) >= 11 is 0. The third-order valence-electron chi connectivity index (χ3n) is 6.42. The van der Waals surface area contributed by atoms with Crippen molar-refractivity contribution in [3.05, 3.63) is 46.5 Å². The first kappa shape index (κ1) is 37.2. The van der Waals surface area contributed by atoms with Crippen LogP contribution < -0.4 is 42.2 Å². The van der Waals surface area contributed by atoms with Gasteiger partial charge in [-0.25, -0.2) is 9.59 Å². The molecule has 0 aromatic heterocycles. The number of nitrogens with one attached hydrogen (secondary N) is 4. The van der Waals surface area contributed by atoms with Crippen LogP contribution in [-0.2, 0) is 19.2 Å². The first-order chi connectivity index (χ1) is 22.2. The van der Waals surface area contributed by atoms with E-state index in [4.69, 9.17) is 11.5 Å². The molecule has 2 atom stereocenters. The minimum atomic E-state index is -5.60. The normalized spacial score (nSPS) is 13.8. The number of benzene rings is 2. The maximum Gasteiger partial charge on any atom is 0.491 e. The Morgan fingerprint density at radius 1 is 0.625 bits per heavy atom. The van der Waals surface area contributed by atoms with E-state index >= 15 is 0 Å². The molecule has 2 aromatic rings. The second-order valence-electron chi connectivity index (χ2n) is 10.2. The lowest BCUT2D eigenvalue weighted by Gasteiger charge is -2.26. The van der Waals surface area contributed by atoms with Gasteiger partial charge < -0.3 is 42.2 Å². The lowest BCUT2D eigenvalue weighted by atomic mass is 9.81. The molecule has 0 bridgehead atoms. The molecule has 20 heteroatoms. The number of rotatable bonds is 12. The minimum absolute atomic E-state index is 0.0703. The molecular weight excluding hydrogens is 662 g/mol. The van der Waals surface area contributed by atoms with Gasteiger partial charge in [0.05, 0.1) is 34.3 Å². The summed E-state index contributed by atoms with van der Waals surface area (Å²) in [5, 5.41) is 10.5. The van der Waals surface area contributed by atoms with Gasteiger partial charge in [0.25, 0.3) is 0 Å². The summed E-state index contributed by atoms with van der Waals surface area (Å²) in [5.41, 5.74) is 7.44. The van der Waals surface area contributed by atoms with Gasteiger partial charge in [-0.15, -0.1) is 0 Å². The van der Waals surface area contributed by atoms with Crippen molar-refractivity contribution in [2.24, 2.45) is 11.5 Å². The molecule has 1 aliphatic rings. The number of halogens is 6. The van der Waals surface area contributed by atoms with Crippen LogP contribution in [0.5, 0.6) is 11.5 Å². The summed E-state index contributed by atoms with van der Waals surface area (Å²) in [6.45, 7) is 2.48. The van der Waals surface area contributed by atoms with Gasteiger partial charge in [0.2, 0.25) is 23.4 Å². The number of amides is 2. The molecule has 260 valence electrons. The molecule has 2 aromatic carbocycles. The van der Waals surface area contributed by atoms with E-state index in [1.807, 2.05) is 0 Å². The van der Waals surface area contributed by atoms with Gasteiger partial charge in [-0.05, 0) is 38.1 Å². The quantitative estimate of drug-likeness (QED) is 0.0682. The molecule has 14 nitrogen and oxygen atoms in total. The van der Waals surface area contributed by atoms with E-state index in [1.54, 1.807) is 0 Å². The average molecular weight is 691 g/mol. The molecule has 0 spiro atoms. The monoisotopic (exact) mass is 690 g/mol. The van der Waals surface area contributed by atoms with E-state index in [9.17, 15) is 55.1 Å². The Bertz CT molecular complexity index is 1520. The number of fused-ring (bicyclic) bond motifs is 2. The third kappa shape index (κ3) is 8.56. The van der Waals surface area contributed by atoms with Gasteiger partial charge in [-0.3, -0.25) is 19.2 Å². The fourth-order valence-electron chi connectivity index (χ4n) is 4.21. The summed E-state index contributed by atoms with van der Waals surface area (Å²) in [4.78, 5) is 75.1. The highest BCUT2D eigenvalue weighted by molar-refractivity contribution is 6.33. The maximum atomic E-state index is 14.0. The molecule has 1 aliphatic carbocycles. The smallest absolute Gasteiger partial charge is 0.419 e. The van der Waals surface area contributed by atoms with E-state index in [0.29, 0.717) is 12.1 Å². The molecule has 2 amide bonds. The van der Waals surface area contributed by atoms with Crippen LogP contribution in [0.25, 0.3) is 0 Å². The highest BCUT2D eigenvalue weighted by Gasteiger charge is 2.46. The zero-order valence-electron chi connectivity index (χ0n) is 25.0. The van der Waals surface area contributed by atoms with Crippen molar-refractivity contribution < 1.29 is 64.6 Å². The van der Waals surface area contributed by atoms with Crippen molar-refractivity contribution in [2.45, 2.75) is 38.3 Å². The molecule has 0 saturated heterocycles. The molecular formula is C28H28F6N6O8. The Hall–Kier alpha value is -5.24. The van der Waals surface area contributed by atoms with Gasteiger partial charge in [-0.1, -0.05) is 0 Å². The van der Waals surface area contributed by atoms with Crippen LogP contribution in [0.1, 0.15) is 45.7 Å². The van der Waals surface area contributed by atoms with Crippen molar-refractivity contribution in [3.63, 3.8) is 0 Å². The number of nitrogens with two attached hydrogens (primary N) is 2. The first-order valence-electron chi connectivity index (χ1n) is 13.8. The molecule has 0 aliphatic heterocycles. The Kier molecular flexibility index (Phi) is 11.4. The molecule has 0 saturated carbocycles. The summed E-state index contributed by atoms with van der Waals surface area (Å²) in [5.74, 6) is -11.7. The Morgan fingerprint density at radius 2 is 0.958 bits per heavy atom. The average Bonchev–Trinajstić information content (AvgIpc) is 2.99. The minimum Gasteiger partial charge on any atom is -0.419 e. The molecule has 48 heavy (non-hydrogen) atoms. The lowest BCUT2D eigenvalue weighted by Crippen LogP contribution is -2.40. The molecule has 0 radical (unpaired) electrons. The largest absolute Gasteiger partial charge is 0.491 e. The van der Waals surface area contributed by atoms with Crippen LogP contribution >= 0.6 is 0 Å². The summed E-state index contributed by atoms with van der Waals surface area (Å²) < 4.78 is 87.2. The number of ketones is 2. The van der Waals surface area contributed by atoms with Crippen molar-refractivity contribution in [3.8, 4) is 11.5 Å². The van der Waals surface area contributed by atoms with E-state index < -0.39 is 93.5 Å². The van der Waals surface area contributed by atoms with E-state index in [1.165, 1.54) is 26.0 Å². The Balaban J connectivity index is 2.17. The lowest BCUT2D eigenvalue weighted by molar-refractivity contribution is -0.190. The van der Waals surface area contributed by atoms with Crippen LogP contribution in [0.3, 0.4) is 0 Å². The van der Waals surface area contributed by atoms with Gasteiger partial charge in [0, 0.05) is 37.6 Å². The fraction of sp³-hybridized carbons (Fsp3) is 0.357. The second-order valence-corrected chi connectivity index (χ2v) is 10.2. The van der Waals surface area contributed by atoms with Crippen LogP contribution in [0, 0.1) is 0 Å². The van der Waals surface area contributed by atoms with Crippen molar-refractivity contribution >= 4 is 46.7 Å². The molecule has 0 fully saturated rings. The standard InChI is InChI=1S/C28H28F6N6O8/c1-11(35)23(43)39-9-7-37-13-3-4-14(38-8-10-40-24(44)12(2)36)18-17(13)21(41)19-15(47-25(45)27(29,30)31)5-6-16(20(19)22(18)42)48-26(46)28(32,33)34/h3-6,11-12,37-38H,7-10,35-36H2,1-2H3,(H,39,43)(H,40,44)/t11-,12-/m0/s1. The predicted molar refractivity (Wildman–Crippen MR) is 153 cm³/mol. The Labute approximate surface area is 266 Å². The van der Waals surface area contributed by atoms with Crippen molar-refractivity contribution in [1.82, 2.24) is 10.6 Å². The van der Waals surface area contributed by atoms with Crippen LogP contribution in [0.2, 0.25) is 0 Å². The summed E-state index contributed by atoms with van der Waals surface area (Å²) in [7, 11) is 0. The zero-order valence-corrected chi connectivity index (χ0v) is 25.0. The van der Waals surface area contributed by atoms with Crippen LogP contribution in [0.4, 0.5) is 37.7 Å². The summed E-state index contributed by atoms with van der Waals surface area (Å²) in [6, 6.07) is 1.71. The number of carbonyl (C=O) groups excluding carboxylic acids is 6. The van der Waals surface area contributed by atoms with Gasteiger partial charge in [0.15, 0.2) is 0 Å². The topological polar surface area (TPSA) is 221 Å². The van der Waals surface area contributed by atoms with Gasteiger partial charge >= 0.3 is 24.3 Å². The van der Waals surface area contributed by atoms with Crippen molar-refractivity contribution in [1.29, 1.82) is 0 Å². The Morgan fingerprint density at radius 3 is 1.25 bits per heavy atom. The number of carbonyl (C=O) groups is 6. The number of esters is 2. The fourth-order valence-corrected chi connectivity index (χ4v) is 4.21. The number of hydrogen-bond donors (Lipinski definition) is 6. The maximum absolute atomic E-state index is 14.0. The van der Waals surface area contributed by atoms with Crippen LogP contribution in [0.15, 0.2) is 24.3 Å².